The lowest BCUT2D eigenvalue weighted by atomic mass is 10.1. The maximum absolute atomic E-state index is 13.6. The largest absolute Gasteiger partial charge is 0.493 e. The molecule has 5 aromatic rings. The number of hydrogen-bond donors (Lipinski definition) is 0. The highest BCUT2D eigenvalue weighted by Gasteiger charge is 2.21. The predicted octanol–water partition coefficient (Wildman–Crippen LogP) is 4.01. The van der Waals surface area contributed by atoms with Crippen molar-refractivity contribution in [3.05, 3.63) is 118 Å². The highest BCUT2D eigenvalue weighted by molar-refractivity contribution is 5.99. The minimum absolute atomic E-state index is 0.0164. The van der Waals surface area contributed by atoms with Crippen LogP contribution >= 0.6 is 0 Å². The molecule has 0 radical (unpaired) electrons. The number of para-hydroxylation sites is 1. The number of hydrogen-bond acceptors (Lipinski definition) is 6. The van der Waals surface area contributed by atoms with Gasteiger partial charge in [0.25, 0.3) is 11.5 Å². The van der Waals surface area contributed by atoms with Crippen LogP contribution in [0.3, 0.4) is 0 Å². The van der Waals surface area contributed by atoms with Crippen molar-refractivity contribution in [3.8, 4) is 5.75 Å². The van der Waals surface area contributed by atoms with Crippen LogP contribution in [-0.2, 0) is 11.3 Å². The molecule has 5 rings (SSSR count). The zero-order valence-corrected chi connectivity index (χ0v) is 21.5. The van der Waals surface area contributed by atoms with E-state index in [1.165, 1.54) is 10.5 Å². The van der Waals surface area contributed by atoms with Crippen LogP contribution in [0.5, 0.6) is 5.75 Å². The standard InChI is InChI=1S/C30H26N4O5/c1-3-38-24-15-9-8-14-21(24)28(35)32-27-23(30(37)39-4-2)18-22-26(34(27)19-20-12-6-5-7-13-20)31-25-16-10-11-17-33(25)29(22)36/h5-18H,3-4,19H2,1-2H3. The van der Waals surface area contributed by atoms with E-state index in [9.17, 15) is 14.4 Å². The minimum atomic E-state index is -0.705. The van der Waals surface area contributed by atoms with Crippen LogP contribution in [0, 0.1) is 0 Å². The molecule has 0 aliphatic heterocycles. The Morgan fingerprint density at radius 3 is 2.41 bits per heavy atom. The third-order valence-corrected chi connectivity index (χ3v) is 6.09. The number of carbonyl (C=O) groups is 2. The van der Waals surface area contributed by atoms with Crippen molar-refractivity contribution in [2.75, 3.05) is 13.2 Å². The highest BCUT2D eigenvalue weighted by atomic mass is 16.5. The number of benzene rings is 2. The summed E-state index contributed by atoms with van der Waals surface area (Å²) in [7, 11) is 0. The van der Waals surface area contributed by atoms with Gasteiger partial charge in [0.2, 0.25) is 0 Å². The summed E-state index contributed by atoms with van der Waals surface area (Å²) in [5, 5.41) is 0.193. The first-order valence-electron chi connectivity index (χ1n) is 12.6. The Hall–Kier alpha value is -5.05. The highest BCUT2D eigenvalue weighted by Crippen LogP contribution is 2.19. The molecule has 0 saturated heterocycles. The van der Waals surface area contributed by atoms with Crippen molar-refractivity contribution < 1.29 is 19.1 Å². The molecule has 39 heavy (non-hydrogen) atoms. The molecule has 196 valence electrons. The van der Waals surface area contributed by atoms with Gasteiger partial charge in [-0.15, -0.1) is 0 Å². The van der Waals surface area contributed by atoms with Gasteiger partial charge in [-0.3, -0.25) is 14.0 Å². The van der Waals surface area contributed by atoms with Crippen molar-refractivity contribution in [1.29, 1.82) is 0 Å². The van der Waals surface area contributed by atoms with Crippen molar-refractivity contribution >= 4 is 28.6 Å². The number of fused-ring (bicyclic) bond motifs is 2. The van der Waals surface area contributed by atoms with E-state index >= 15 is 0 Å². The van der Waals surface area contributed by atoms with Crippen LogP contribution in [0.25, 0.3) is 16.7 Å². The summed E-state index contributed by atoms with van der Waals surface area (Å²) < 4.78 is 14.0. The van der Waals surface area contributed by atoms with Gasteiger partial charge in [-0.25, -0.2) is 9.78 Å². The van der Waals surface area contributed by atoms with Crippen LogP contribution in [-0.4, -0.2) is 39.0 Å². The third-order valence-electron chi connectivity index (χ3n) is 6.09. The molecule has 0 spiro atoms. The van der Waals surface area contributed by atoms with Gasteiger partial charge < -0.3 is 14.0 Å². The first-order valence-corrected chi connectivity index (χ1v) is 12.6. The predicted molar refractivity (Wildman–Crippen MR) is 146 cm³/mol. The van der Waals surface area contributed by atoms with Crippen molar-refractivity contribution in [2.24, 2.45) is 4.99 Å². The summed E-state index contributed by atoms with van der Waals surface area (Å²) in [6.07, 6.45) is 1.61. The Morgan fingerprint density at radius 1 is 0.897 bits per heavy atom. The molecule has 0 saturated carbocycles. The van der Waals surface area contributed by atoms with E-state index < -0.39 is 11.9 Å². The Balaban J connectivity index is 1.88. The first kappa shape index (κ1) is 25.6. The van der Waals surface area contributed by atoms with Gasteiger partial charge in [-0.05, 0) is 49.7 Å². The number of aromatic nitrogens is 3. The van der Waals surface area contributed by atoms with Gasteiger partial charge in [0.15, 0.2) is 5.49 Å². The molecule has 0 aliphatic rings. The van der Waals surface area contributed by atoms with E-state index in [4.69, 9.17) is 14.5 Å². The molecule has 0 unspecified atom stereocenters. The SMILES string of the molecule is CCOC(=O)c1cc2c(=O)n3ccccc3nc2n(Cc2ccccc2)c1=NC(=O)c1ccccc1OCC. The lowest BCUT2D eigenvalue weighted by molar-refractivity contribution is 0.0523. The van der Waals surface area contributed by atoms with E-state index in [0.29, 0.717) is 18.0 Å². The van der Waals surface area contributed by atoms with Crippen molar-refractivity contribution in [1.82, 2.24) is 14.0 Å². The molecular formula is C30H26N4O5. The second-order valence-corrected chi connectivity index (χ2v) is 8.60. The second-order valence-electron chi connectivity index (χ2n) is 8.60. The fourth-order valence-electron chi connectivity index (χ4n) is 4.35. The minimum Gasteiger partial charge on any atom is -0.493 e. The number of ether oxygens (including phenoxy) is 2. The number of carbonyl (C=O) groups excluding carboxylic acids is 2. The van der Waals surface area contributed by atoms with Crippen LogP contribution < -0.4 is 15.8 Å². The summed E-state index contributed by atoms with van der Waals surface area (Å²) in [6.45, 7) is 4.16. The number of nitrogens with zero attached hydrogens (tertiary/aromatic N) is 4. The molecule has 9 nitrogen and oxygen atoms in total. The molecule has 0 fully saturated rings. The van der Waals surface area contributed by atoms with Crippen LogP contribution in [0.15, 0.2) is 94.8 Å². The molecule has 9 heteroatoms. The van der Waals surface area contributed by atoms with Gasteiger partial charge in [0.1, 0.15) is 22.6 Å². The Kier molecular flexibility index (Phi) is 7.31. The zero-order valence-electron chi connectivity index (χ0n) is 21.5. The maximum atomic E-state index is 13.6. The third kappa shape index (κ3) is 5.06. The molecule has 0 bridgehead atoms. The maximum Gasteiger partial charge on any atom is 0.341 e. The molecule has 0 atom stereocenters. The van der Waals surface area contributed by atoms with Gasteiger partial charge in [-0.2, -0.15) is 4.99 Å². The summed E-state index contributed by atoms with van der Waals surface area (Å²) in [4.78, 5) is 49.5. The monoisotopic (exact) mass is 522 g/mol. The number of esters is 1. The number of rotatable bonds is 7. The van der Waals surface area contributed by atoms with E-state index in [1.807, 2.05) is 37.3 Å². The zero-order chi connectivity index (χ0) is 27.4. The van der Waals surface area contributed by atoms with Crippen LogP contribution in [0.1, 0.15) is 40.1 Å². The van der Waals surface area contributed by atoms with Crippen LogP contribution in [0.4, 0.5) is 0 Å². The molecule has 0 aliphatic carbocycles. The lowest BCUT2D eigenvalue weighted by Gasteiger charge is -2.15. The Morgan fingerprint density at radius 2 is 1.64 bits per heavy atom. The normalized spacial score (nSPS) is 11.6. The summed E-state index contributed by atoms with van der Waals surface area (Å²) in [6, 6.07) is 22.9. The molecule has 3 heterocycles. The Bertz CT molecular complexity index is 1820. The fourth-order valence-corrected chi connectivity index (χ4v) is 4.35. The van der Waals surface area contributed by atoms with E-state index in [2.05, 4.69) is 4.99 Å². The molecule has 2 aromatic carbocycles. The Labute approximate surface area is 223 Å². The van der Waals surface area contributed by atoms with E-state index in [0.717, 1.165) is 5.56 Å². The van der Waals surface area contributed by atoms with Crippen molar-refractivity contribution in [3.63, 3.8) is 0 Å². The van der Waals surface area contributed by atoms with E-state index in [-0.39, 0.29) is 46.4 Å². The average Bonchev–Trinajstić information content (AvgIpc) is 2.95. The molecule has 1 amide bonds. The quantitative estimate of drug-likeness (QED) is 0.236. The average molecular weight is 523 g/mol. The first-order chi connectivity index (χ1) is 19.0. The smallest absolute Gasteiger partial charge is 0.341 e. The fraction of sp³-hybridized carbons (Fsp3) is 0.167. The van der Waals surface area contributed by atoms with Gasteiger partial charge >= 0.3 is 5.97 Å². The second kappa shape index (κ2) is 11.1. The van der Waals surface area contributed by atoms with Gasteiger partial charge in [0.05, 0.1) is 30.7 Å². The van der Waals surface area contributed by atoms with Gasteiger partial charge in [-0.1, -0.05) is 48.5 Å². The molecule has 3 aromatic heterocycles. The topological polar surface area (TPSA) is 104 Å². The molecule has 0 N–H and O–H groups in total. The summed E-state index contributed by atoms with van der Waals surface area (Å²) in [5.74, 6) is -0.934. The van der Waals surface area contributed by atoms with E-state index in [1.54, 1.807) is 60.2 Å². The lowest BCUT2D eigenvalue weighted by Crippen LogP contribution is -2.33. The summed E-state index contributed by atoms with van der Waals surface area (Å²) in [5.41, 5.74) is 1.46. The summed E-state index contributed by atoms with van der Waals surface area (Å²) >= 11 is 0. The number of pyridine rings is 2. The van der Waals surface area contributed by atoms with Gasteiger partial charge in [0, 0.05) is 6.20 Å². The molecular weight excluding hydrogens is 496 g/mol. The van der Waals surface area contributed by atoms with Crippen molar-refractivity contribution in [2.45, 2.75) is 20.4 Å². The van der Waals surface area contributed by atoms with Crippen LogP contribution in [0.2, 0.25) is 0 Å². The number of amides is 1.